The monoisotopic (exact) mass is 349 g/mol. The van der Waals surface area contributed by atoms with E-state index in [2.05, 4.69) is 15.3 Å². The number of methoxy groups -OCH3 is 1. The molecule has 24 heavy (non-hydrogen) atoms. The second-order valence-corrected chi connectivity index (χ2v) is 5.85. The molecule has 124 valence electrons. The normalized spacial score (nSPS) is 10.8. The number of imidazole rings is 1. The Hall–Kier alpha value is -2.61. The molecular weight excluding hydrogens is 336 g/mol. The topological polar surface area (TPSA) is 67.0 Å². The molecule has 0 atom stereocenters. The van der Waals surface area contributed by atoms with Crippen LogP contribution in [-0.4, -0.2) is 28.7 Å². The number of hydrogen-bond acceptors (Lipinski definition) is 4. The van der Waals surface area contributed by atoms with Crippen LogP contribution in [0, 0.1) is 11.6 Å². The van der Waals surface area contributed by atoms with Gasteiger partial charge in [-0.05, 0) is 24.3 Å². The van der Waals surface area contributed by atoms with Gasteiger partial charge in [0.1, 0.15) is 17.4 Å². The Bertz CT molecular complexity index is 898. The molecule has 0 aliphatic carbocycles. The molecular formula is C16H13F2N3O2S. The molecule has 2 N–H and O–H groups in total. The molecule has 0 saturated heterocycles. The smallest absolute Gasteiger partial charge is 0.234 e. The molecule has 1 heterocycles. The summed E-state index contributed by atoms with van der Waals surface area (Å²) in [4.78, 5) is 19.3. The van der Waals surface area contributed by atoms with Gasteiger partial charge in [-0.1, -0.05) is 11.8 Å². The van der Waals surface area contributed by atoms with E-state index in [4.69, 9.17) is 4.74 Å². The lowest BCUT2D eigenvalue weighted by Gasteiger charge is -2.05. The van der Waals surface area contributed by atoms with Crippen LogP contribution in [0.25, 0.3) is 11.0 Å². The first-order chi connectivity index (χ1) is 11.5. The summed E-state index contributed by atoms with van der Waals surface area (Å²) in [5.74, 6) is -1.06. The maximum Gasteiger partial charge on any atom is 0.234 e. The maximum absolute atomic E-state index is 13.5. The average Bonchev–Trinajstić information content (AvgIpc) is 2.98. The van der Waals surface area contributed by atoms with Gasteiger partial charge in [0.2, 0.25) is 5.91 Å². The Labute approximate surface area is 140 Å². The fourth-order valence-electron chi connectivity index (χ4n) is 2.07. The standard InChI is InChI=1S/C16H13F2N3O2S/c1-23-10-3-5-12-14(7-10)21-16(20-12)24-8-15(22)19-13-6-9(17)2-4-11(13)18/h2-7H,8H2,1H3,(H,19,22)(H,20,21). The van der Waals surface area contributed by atoms with Crippen LogP contribution in [0.15, 0.2) is 41.6 Å². The summed E-state index contributed by atoms with van der Waals surface area (Å²) in [7, 11) is 1.57. The predicted molar refractivity (Wildman–Crippen MR) is 88.4 cm³/mol. The highest BCUT2D eigenvalue weighted by Crippen LogP contribution is 2.23. The van der Waals surface area contributed by atoms with Crippen LogP contribution in [0.5, 0.6) is 5.75 Å². The highest BCUT2D eigenvalue weighted by Gasteiger charge is 2.11. The number of amides is 1. The third kappa shape index (κ3) is 3.65. The van der Waals surface area contributed by atoms with Crippen LogP contribution < -0.4 is 10.1 Å². The van der Waals surface area contributed by atoms with Crippen molar-refractivity contribution in [2.45, 2.75) is 5.16 Å². The van der Waals surface area contributed by atoms with E-state index in [0.29, 0.717) is 10.9 Å². The SMILES string of the molecule is COc1ccc2nc(SCC(=O)Nc3cc(F)ccc3F)[nH]c2c1. The molecule has 3 aromatic rings. The minimum atomic E-state index is -0.689. The number of thioether (sulfide) groups is 1. The summed E-state index contributed by atoms with van der Waals surface area (Å²) in [6, 6.07) is 8.28. The van der Waals surface area contributed by atoms with Crippen molar-refractivity contribution in [2.75, 3.05) is 18.2 Å². The van der Waals surface area contributed by atoms with Gasteiger partial charge in [0.25, 0.3) is 0 Å². The number of ether oxygens (including phenoxy) is 1. The van der Waals surface area contributed by atoms with E-state index in [0.717, 1.165) is 41.0 Å². The lowest BCUT2D eigenvalue weighted by Crippen LogP contribution is -2.15. The van der Waals surface area contributed by atoms with Crippen LogP contribution in [0.1, 0.15) is 0 Å². The van der Waals surface area contributed by atoms with E-state index in [1.807, 2.05) is 0 Å². The average molecular weight is 349 g/mol. The van der Waals surface area contributed by atoms with Gasteiger partial charge >= 0.3 is 0 Å². The zero-order valence-electron chi connectivity index (χ0n) is 12.6. The van der Waals surface area contributed by atoms with E-state index in [1.54, 1.807) is 25.3 Å². The molecule has 0 unspecified atom stereocenters. The molecule has 0 bridgehead atoms. The molecule has 0 spiro atoms. The van der Waals surface area contributed by atoms with E-state index in [-0.39, 0.29) is 11.4 Å². The first kappa shape index (κ1) is 16.3. The minimum absolute atomic E-state index is 0.00686. The Balaban J connectivity index is 1.64. The molecule has 0 radical (unpaired) electrons. The van der Waals surface area contributed by atoms with Crippen LogP contribution in [-0.2, 0) is 4.79 Å². The van der Waals surface area contributed by atoms with E-state index in [9.17, 15) is 13.6 Å². The van der Waals surface area contributed by atoms with Gasteiger partial charge in [-0.25, -0.2) is 13.8 Å². The fourth-order valence-corrected chi connectivity index (χ4v) is 2.76. The third-order valence-corrected chi connectivity index (χ3v) is 4.08. The Kier molecular flexibility index (Phi) is 4.66. The first-order valence-electron chi connectivity index (χ1n) is 6.96. The molecule has 1 aromatic heterocycles. The highest BCUT2D eigenvalue weighted by atomic mass is 32.2. The molecule has 0 aliphatic rings. The predicted octanol–water partition coefficient (Wildman–Crippen LogP) is 3.58. The quantitative estimate of drug-likeness (QED) is 0.691. The third-order valence-electron chi connectivity index (χ3n) is 3.21. The van der Waals surface area contributed by atoms with Crippen LogP contribution >= 0.6 is 11.8 Å². The molecule has 8 heteroatoms. The van der Waals surface area contributed by atoms with Crippen molar-refractivity contribution in [3.05, 3.63) is 48.0 Å². The van der Waals surface area contributed by atoms with Gasteiger partial charge in [-0.2, -0.15) is 0 Å². The van der Waals surface area contributed by atoms with Crippen molar-refractivity contribution in [1.29, 1.82) is 0 Å². The summed E-state index contributed by atoms with van der Waals surface area (Å²) >= 11 is 1.16. The largest absolute Gasteiger partial charge is 0.497 e. The van der Waals surface area contributed by atoms with Gasteiger partial charge in [0.05, 0.1) is 29.6 Å². The van der Waals surface area contributed by atoms with Gasteiger partial charge in [-0.15, -0.1) is 0 Å². The van der Waals surface area contributed by atoms with Gasteiger partial charge in [0, 0.05) is 12.1 Å². The maximum atomic E-state index is 13.5. The number of halogens is 2. The first-order valence-corrected chi connectivity index (χ1v) is 7.95. The number of rotatable bonds is 5. The Morgan fingerprint density at radius 3 is 2.92 bits per heavy atom. The van der Waals surface area contributed by atoms with Crippen molar-refractivity contribution >= 4 is 34.4 Å². The number of aromatic amines is 1. The fraction of sp³-hybridized carbons (Fsp3) is 0.125. The van der Waals surface area contributed by atoms with Crippen molar-refractivity contribution in [3.63, 3.8) is 0 Å². The van der Waals surface area contributed by atoms with Crippen molar-refractivity contribution in [1.82, 2.24) is 9.97 Å². The zero-order chi connectivity index (χ0) is 17.1. The number of H-pyrrole nitrogens is 1. The number of carbonyl (C=O) groups excluding carboxylic acids is 1. The molecule has 0 saturated carbocycles. The molecule has 5 nitrogen and oxygen atoms in total. The van der Waals surface area contributed by atoms with Crippen molar-refractivity contribution in [3.8, 4) is 5.75 Å². The van der Waals surface area contributed by atoms with Gasteiger partial charge < -0.3 is 15.0 Å². The van der Waals surface area contributed by atoms with E-state index in [1.165, 1.54) is 0 Å². The summed E-state index contributed by atoms with van der Waals surface area (Å²) in [5.41, 5.74) is 1.35. The van der Waals surface area contributed by atoms with Gasteiger partial charge in [0.15, 0.2) is 5.16 Å². The zero-order valence-corrected chi connectivity index (χ0v) is 13.4. The number of aromatic nitrogens is 2. The number of fused-ring (bicyclic) bond motifs is 1. The Morgan fingerprint density at radius 2 is 2.12 bits per heavy atom. The number of benzene rings is 2. The number of nitrogens with zero attached hydrogens (tertiary/aromatic N) is 1. The number of carbonyl (C=O) groups is 1. The van der Waals surface area contributed by atoms with Crippen LogP contribution in [0.4, 0.5) is 14.5 Å². The number of anilines is 1. The Morgan fingerprint density at radius 1 is 1.29 bits per heavy atom. The van der Waals surface area contributed by atoms with Crippen molar-refractivity contribution < 1.29 is 18.3 Å². The number of hydrogen-bond donors (Lipinski definition) is 2. The summed E-state index contributed by atoms with van der Waals surface area (Å²) < 4.78 is 31.7. The minimum Gasteiger partial charge on any atom is -0.497 e. The lowest BCUT2D eigenvalue weighted by molar-refractivity contribution is -0.113. The van der Waals surface area contributed by atoms with Gasteiger partial charge in [-0.3, -0.25) is 4.79 Å². The molecule has 0 aliphatic heterocycles. The summed E-state index contributed by atoms with van der Waals surface area (Å²) in [6.07, 6.45) is 0. The molecule has 1 amide bonds. The number of nitrogens with one attached hydrogen (secondary N) is 2. The van der Waals surface area contributed by atoms with E-state index < -0.39 is 17.5 Å². The molecule has 0 fully saturated rings. The van der Waals surface area contributed by atoms with Crippen molar-refractivity contribution in [2.24, 2.45) is 0 Å². The molecule has 2 aromatic carbocycles. The highest BCUT2D eigenvalue weighted by molar-refractivity contribution is 7.99. The second-order valence-electron chi connectivity index (χ2n) is 4.89. The second kappa shape index (κ2) is 6.88. The summed E-state index contributed by atoms with van der Waals surface area (Å²) in [6.45, 7) is 0. The van der Waals surface area contributed by atoms with E-state index >= 15 is 0 Å². The summed E-state index contributed by atoms with van der Waals surface area (Å²) in [5, 5.41) is 2.89. The van der Waals surface area contributed by atoms with Crippen LogP contribution in [0.3, 0.4) is 0 Å². The lowest BCUT2D eigenvalue weighted by atomic mass is 10.3. The van der Waals surface area contributed by atoms with Crippen LogP contribution in [0.2, 0.25) is 0 Å². The molecule has 3 rings (SSSR count).